The maximum atomic E-state index is 11.0. The topological polar surface area (TPSA) is 26.3 Å². The third kappa shape index (κ3) is 3.11. The van der Waals surface area contributed by atoms with Crippen LogP contribution in [0.1, 0.15) is 5.56 Å². The Bertz CT molecular complexity index is 529. The Morgan fingerprint density at radius 3 is 2.00 bits per heavy atom. The van der Waals surface area contributed by atoms with Gasteiger partial charge in [0.1, 0.15) is 11.6 Å². The predicted octanol–water partition coefficient (Wildman–Crippen LogP) is 3.81. The zero-order valence-electron chi connectivity index (χ0n) is 10.0. The van der Waals surface area contributed by atoms with E-state index in [1.807, 2.05) is 12.1 Å². The van der Waals surface area contributed by atoms with Crippen molar-refractivity contribution in [3.05, 3.63) is 54.1 Å². The lowest BCUT2D eigenvalue weighted by molar-refractivity contribution is -0.131. The van der Waals surface area contributed by atoms with Crippen molar-refractivity contribution >= 4 is 17.6 Å². The molecule has 0 atom stereocenters. The van der Waals surface area contributed by atoms with Crippen molar-refractivity contribution in [2.24, 2.45) is 0 Å². The first kappa shape index (κ1) is 12.7. The number of halogens is 1. The van der Waals surface area contributed by atoms with Gasteiger partial charge in [-0.15, -0.1) is 11.6 Å². The second kappa shape index (κ2) is 5.69. The molecule has 0 aromatic heterocycles. The van der Waals surface area contributed by atoms with Crippen LogP contribution in [0.25, 0.3) is 11.1 Å². The van der Waals surface area contributed by atoms with E-state index in [0.29, 0.717) is 5.75 Å². The monoisotopic (exact) mass is 260 g/mol. The Morgan fingerprint density at radius 2 is 1.50 bits per heavy atom. The number of esters is 1. The number of ether oxygens (including phenoxy) is 1. The molecule has 0 N–H and O–H groups in total. The van der Waals surface area contributed by atoms with Crippen LogP contribution in [0.5, 0.6) is 5.75 Å². The molecule has 0 aliphatic heterocycles. The van der Waals surface area contributed by atoms with E-state index in [1.165, 1.54) is 5.56 Å². The Labute approximate surface area is 111 Å². The SMILES string of the molecule is Cc1ccc(-c2ccc(OC(=O)CCl)cc2)cc1. The summed E-state index contributed by atoms with van der Waals surface area (Å²) in [4.78, 5) is 11.0. The summed E-state index contributed by atoms with van der Waals surface area (Å²) in [5, 5.41) is 0. The Kier molecular flexibility index (Phi) is 4.00. The molecule has 0 radical (unpaired) electrons. The number of carbonyl (C=O) groups excluding carboxylic acids is 1. The van der Waals surface area contributed by atoms with Crippen molar-refractivity contribution in [3.8, 4) is 16.9 Å². The van der Waals surface area contributed by atoms with Crippen LogP contribution in [0.2, 0.25) is 0 Å². The first-order chi connectivity index (χ1) is 8.69. The summed E-state index contributed by atoms with van der Waals surface area (Å²) < 4.78 is 5.00. The van der Waals surface area contributed by atoms with E-state index in [9.17, 15) is 4.79 Å². The second-order valence-electron chi connectivity index (χ2n) is 4.00. The summed E-state index contributed by atoms with van der Waals surface area (Å²) in [7, 11) is 0. The van der Waals surface area contributed by atoms with Gasteiger partial charge in [-0.3, -0.25) is 4.79 Å². The zero-order valence-corrected chi connectivity index (χ0v) is 10.8. The highest BCUT2D eigenvalue weighted by atomic mass is 35.5. The van der Waals surface area contributed by atoms with Gasteiger partial charge >= 0.3 is 5.97 Å². The van der Waals surface area contributed by atoms with Gasteiger partial charge in [0.25, 0.3) is 0 Å². The average Bonchev–Trinajstić information content (AvgIpc) is 2.40. The van der Waals surface area contributed by atoms with Gasteiger partial charge in [0.15, 0.2) is 0 Å². The largest absolute Gasteiger partial charge is 0.426 e. The molecule has 0 fully saturated rings. The minimum atomic E-state index is -0.445. The van der Waals surface area contributed by atoms with Crippen molar-refractivity contribution < 1.29 is 9.53 Å². The fourth-order valence-electron chi connectivity index (χ4n) is 1.62. The predicted molar refractivity (Wildman–Crippen MR) is 73.0 cm³/mol. The van der Waals surface area contributed by atoms with Crippen LogP contribution in [0.3, 0.4) is 0 Å². The van der Waals surface area contributed by atoms with Crippen LogP contribution < -0.4 is 4.74 Å². The summed E-state index contributed by atoms with van der Waals surface area (Å²) >= 11 is 5.37. The van der Waals surface area contributed by atoms with Gasteiger partial charge in [0.2, 0.25) is 0 Å². The molecule has 0 aliphatic rings. The molecule has 0 saturated heterocycles. The van der Waals surface area contributed by atoms with Crippen molar-refractivity contribution in [2.75, 3.05) is 5.88 Å². The molecular formula is C15H13ClO2. The highest BCUT2D eigenvalue weighted by Crippen LogP contribution is 2.22. The molecule has 0 spiro atoms. The summed E-state index contributed by atoms with van der Waals surface area (Å²) in [5.74, 6) is -0.0732. The number of alkyl halides is 1. The van der Waals surface area contributed by atoms with E-state index < -0.39 is 5.97 Å². The van der Waals surface area contributed by atoms with Gasteiger partial charge in [-0.05, 0) is 30.2 Å². The van der Waals surface area contributed by atoms with E-state index in [-0.39, 0.29) is 5.88 Å². The number of hydrogen-bond donors (Lipinski definition) is 0. The number of benzene rings is 2. The first-order valence-corrected chi connectivity index (χ1v) is 6.16. The minimum absolute atomic E-state index is 0.139. The summed E-state index contributed by atoms with van der Waals surface area (Å²) in [6.07, 6.45) is 0. The molecule has 0 heterocycles. The van der Waals surface area contributed by atoms with Gasteiger partial charge in [-0.1, -0.05) is 42.0 Å². The number of carbonyl (C=O) groups is 1. The Hall–Kier alpha value is -1.80. The average molecular weight is 261 g/mol. The van der Waals surface area contributed by atoms with Gasteiger partial charge in [0, 0.05) is 0 Å². The lowest BCUT2D eigenvalue weighted by atomic mass is 10.0. The first-order valence-electron chi connectivity index (χ1n) is 5.63. The molecule has 0 bridgehead atoms. The van der Waals surface area contributed by atoms with E-state index >= 15 is 0 Å². The fraction of sp³-hybridized carbons (Fsp3) is 0.133. The third-order valence-corrected chi connectivity index (χ3v) is 2.80. The highest BCUT2D eigenvalue weighted by Gasteiger charge is 2.03. The standard InChI is InChI=1S/C15H13ClO2/c1-11-2-4-12(5-3-11)13-6-8-14(9-7-13)18-15(17)10-16/h2-9H,10H2,1H3. The molecule has 2 rings (SSSR count). The molecule has 0 saturated carbocycles. The van der Waals surface area contributed by atoms with Gasteiger partial charge in [-0.2, -0.15) is 0 Å². The van der Waals surface area contributed by atoms with Gasteiger partial charge < -0.3 is 4.74 Å². The van der Waals surface area contributed by atoms with E-state index in [2.05, 4.69) is 31.2 Å². The molecule has 3 heteroatoms. The molecule has 2 aromatic carbocycles. The maximum absolute atomic E-state index is 11.0. The minimum Gasteiger partial charge on any atom is -0.426 e. The normalized spacial score (nSPS) is 10.1. The summed E-state index contributed by atoms with van der Waals surface area (Å²) in [6, 6.07) is 15.6. The van der Waals surface area contributed by atoms with Crippen molar-refractivity contribution in [3.63, 3.8) is 0 Å². The van der Waals surface area contributed by atoms with Crippen molar-refractivity contribution in [1.29, 1.82) is 0 Å². The molecule has 0 amide bonds. The second-order valence-corrected chi connectivity index (χ2v) is 4.27. The van der Waals surface area contributed by atoms with Gasteiger partial charge in [0.05, 0.1) is 0 Å². The molecule has 2 aromatic rings. The number of aryl methyl sites for hydroxylation is 1. The number of rotatable bonds is 3. The quantitative estimate of drug-likeness (QED) is 0.477. The van der Waals surface area contributed by atoms with Crippen LogP contribution in [0.4, 0.5) is 0 Å². The van der Waals surface area contributed by atoms with Crippen LogP contribution in [-0.2, 0) is 4.79 Å². The van der Waals surface area contributed by atoms with E-state index in [0.717, 1.165) is 11.1 Å². The smallest absolute Gasteiger partial charge is 0.326 e. The van der Waals surface area contributed by atoms with Gasteiger partial charge in [-0.25, -0.2) is 0 Å². The molecule has 2 nitrogen and oxygen atoms in total. The van der Waals surface area contributed by atoms with Crippen LogP contribution in [0, 0.1) is 6.92 Å². The lowest BCUT2D eigenvalue weighted by Gasteiger charge is -2.05. The fourth-order valence-corrected chi connectivity index (χ4v) is 1.67. The molecule has 18 heavy (non-hydrogen) atoms. The highest BCUT2D eigenvalue weighted by molar-refractivity contribution is 6.26. The van der Waals surface area contributed by atoms with Crippen molar-refractivity contribution in [1.82, 2.24) is 0 Å². The van der Waals surface area contributed by atoms with E-state index in [1.54, 1.807) is 12.1 Å². The molecule has 92 valence electrons. The summed E-state index contributed by atoms with van der Waals surface area (Å²) in [6.45, 7) is 2.05. The maximum Gasteiger partial charge on any atom is 0.326 e. The van der Waals surface area contributed by atoms with Crippen molar-refractivity contribution in [2.45, 2.75) is 6.92 Å². The van der Waals surface area contributed by atoms with E-state index in [4.69, 9.17) is 16.3 Å². The molecular weight excluding hydrogens is 248 g/mol. The van der Waals surface area contributed by atoms with Crippen LogP contribution >= 0.6 is 11.6 Å². The van der Waals surface area contributed by atoms with Crippen LogP contribution in [-0.4, -0.2) is 11.8 Å². The lowest BCUT2D eigenvalue weighted by Crippen LogP contribution is -2.08. The zero-order chi connectivity index (χ0) is 13.0. The number of hydrogen-bond acceptors (Lipinski definition) is 2. The van der Waals surface area contributed by atoms with Crippen LogP contribution in [0.15, 0.2) is 48.5 Å². The molecule has 0 unspecified atom stereocenters. The Morgan fingerprint density at radius 1 is 1.00 bits per heavy atom. The third-order valence-electron chi connectivity index (χ3n) is 2.58. The Balaban J connectivity index is 2.17. The summed E-state index contributed by atoms with van der Waals surface area (Å²) in [5.41, 5.74) is 3.45. The molecule has 0 aliphatic carbocycles.